The van der Waals surface area contributed by atoms with Crippen LogP contribution >= 0.6 is 23.2 Å². The molecule has 90 valence electrons. The fraction of sp³-hybridized carbons (Fsp3) is 0.333. The minimum absolute atomic E-state index is 0.208. The van der Waals surface area contributed by atoms with Crippen molar-refractivity contribution in [3.05, 3.63) is 35.1 Å². The summed E-state index contributed by atoms with van der Waals surface area (Å²) in [5.74, 6) is 0.927. The van der Waals surface area contributed by atoms with E-state index in [4.69, 9.17) is 27.7 Å². The SMILES string of the molecule is CCCC(Cl)c1noc(-c2ccccc2Cl)n1. The first-order valence-corrected chi connectivity index (χ1v) is 6.26. The lowest BCUT2D eigenvalue weighted by molar-refractivity contribution is 0.420. The molecule has 17 heavy (non-hydrogen) atoms. The Labute approximate surface area is 110 Å². The van der Waals surface area contributed by atoms with Gasteiger partial charge in [-0.1, -0.05) is 42.2 Å². The largest absolute Gasteiger partial charge is 0.334 e. The van der Waals surface area contributed by atoms with Gasteiger partial charge in [0.15, 0.2) is 5.82 Å². The minimum atomic E-state index is -0.208. The second kappa shape index (κ2) is 5.52. The fourth-order valence-corrected chi connectivity index (χ4v) is 2.01. The van der Waals surface area contributed by atoms with E-state index < -0.39 is 0 Å². The van der Waals surface area contributed by atoms with Crippen molar-refractivity contribution in [1.29, 1.82) is 0 Å². The molecule has 0 fully saturated rings. The zero-order valence-corrected chi connectivity index (χ0v) is 10.9. The van der Waals surface area contributed by atoms with Crippen LogP contribution in [-0.2, 0) is 0 Å². The van der Waals surface area contributed by atoms with Gasteiger partial charge in [0.05, 0.1) is 16.0 Å². The van der Waals surface area contributed by atoms with E-state index in [1.165, 1.54) is 0 Å². The highest BCUT2D eigenvalue weighted by atomic mass is 35.5. The molecule has 1 aromatic carbocycles. The average molecular weight is 271 g/mol. The van der Waals surface area contributed by atoms with E-state index in [1.807, 2.05) is 18.2 Å². The van der Waals surface area contributed by atoms with E-state index in [2.05, 4.69) is 17.1 Å². The Kier molecular flexibility index (Phi) is 4.02. The van der Waals surface area contributed by atoms with Gasteiger partial charge in [-0.15, -0.1) is 11.6 Å². The molecule has 0 saturated carbocycles. The molecule has 0 radical (unpaired) electrons. The molecule has 1 heterocycles. The third-order valence-electron chi connectivity index (χ3n) is 2.37. The predicted molar refractivity (Wildman–Crippen MR) is 68.2 cm³/mol. The second-order valence-electron chi connectivity index (χ2n) is 3.69. The molecule has 2 aromatic rings. The van der Waals surface area contributed by atoms with Crippen LogP contribution in [0.1, 0.15) is 31.0 Å². The van der Waals surface area contributed by atoms with Crippen molar-refractivity contribution >= 4 is 23.2 Å². The van der Waals surface area contributed by atoms with Crippen LogP contribution in [0.25, 0.3) is 11.5 Å². The highest BCUT2D eigenvalue weighted by Gasteiger charge is 2.16. The molecule has 0 N–H and O–H groups in total. The lowest BCUT2D eigenvalue weighted by Crippen LogP contribution is -1.92. The van der Waals surface area contributed by atoms with Crippen LogP contribution in [0, 0.1) is 0 Å². The molecule has 1 unspecified atom stereocenters. The smallest absolute Gasteiger partial charge is 0.259 e. The van der Waals surface area contributed by atoms with E-state index in [0.29, 0.717) is 16.7 Å². The van der Waals surface area contributed by atoms with Gasteiger partial charge >= 0.3 is 0 Å². The highest BCUT2D eigenvalue weighted by molar-refractivity contribution is 6.33. The topological polar surface area (TPSA) is 38.9 Å². The summed E-state index contributed by atoms with van der Waals surface area (Å²) in [6.45, 7) is 2.06. The lowest BCUT2D eigenvalue weighted by atomic mass is 10.2. The number of benzene rings is 1. The summed E-state index contributed by atoms with van der Waals surface area (Å²) in [5.41, 5.74) is 0.730. The Morgan fingerprint density at radius 3 is 2.82 bits per heavy atom. The molecule has 1 atom stereocenters. The molecular weight excluding hydrogens is 259 g/mol. The van der Waals surface area contributed by atoms with Crippen LogP contribution in [0.4, 0.5) is 0 Å². The fourth-order valence-electron chi connectivity index (χ4n) is 1.49. The third kappa shape index (κ3) is 2.79. The Morgan fingerprint density at radius 1 is 1.35 bits per heavy atom. The van der Waals surface area contributed by atoms with Crippen molar-refractivity contribution in [2.75, 3.05) is 0 Å². The van der Waals surface area contributed by atoms with Gasteiger partial charge in [-0.05, 0) is 18.6 Å². The summed E-state index contributed by atoms with van der Waals surface area (Å²) < 4.78 is 5.17. The first kappa shape index (κ1) is 12.4. The standard InChI is InChI=1S/C12H12Cl2N2O/c1-2-5-10(14)11-15-12(17-16-11)8-6-3-4-7-9(8)13/h3-4,6-7,10H,2,5H2,1H3. The molecule has 3 nitrogen and oxygen atoms in total. The monoisotopic (exact) mass is 270 g/mol. The number of halogens is 2. The van der Waals surface area contributed by atoms with Crippen molar-refractivity contribution in [3.63, 3.8) is 0 Å². The number of nitrogens with zero attached hydrogens (tertiary/aromatic N) is 2. The molecule has 0 aliphatic carbocycles. The van der Waals surface area contributed by atoms with E-state index in [0.717, 1.165) is 18.4 Å². The molecule has 0 saturated heterocycles. The van der Waals surface area contributed by atoms with E-state index >= 15 is 0 Å². The summed E-state index contributed by atoms with van der Waals surface area (Å²) in [7, 11) is 0. The summed E-state index contributed by atoms with van der Waals surface area (Å²) in [5, 5.41) is 4.25. The van der Waals surface area contributed by atoms with Crippen molar-refractivity contribution in [3.8, 4) is 11.5 Å². The molecule has 5 heteroatoms. The number of hydrogen-bond donors (Lipinski definition) is 0. The normalized spacial score (nSPS) is 12.6. The second-order valence-corrected chi connectivity index (χ2v) is 4.63. The van der Waals surface area contributed by atoms with Crippen molar-refractivity contribution in [2.45, 2.75) is 25.1 Å². The van der Waals surface area contributed by atoms with Gasteiger partial charge in [0, 0.05) is 0 Å². The minimum Gasteiger partial charge on any atom is -0.334 e. The highest BCUT2D eigenvalue weighted by Crippen LogP contribution is 2.29. The number of alkyl halides is 1. The Hall–Kier alpha value is -1.06. The maximum Gasteiger partial charge on any atom is 0.259 e. The first-order valence-electron chi connectivity index (χ1n) is 5.45. The van der Waals surface area contributed by atoms with Gasteiger partial charge < -0.3 is 4.52 Å². The summed E-state index contributed by atoms with van der Waals surface area (Å²) in [6.07, 6.45) is 1.80. The van der Waals surface area contributed by atoms with Crippen molar-refractivity contribution < 1.29 is 4.52 Å². The van der Waals surface area contributed by atoms with Crippen molar-refractivity contribution in [2.24, 2.45) is 0 Å². The third-order valence-corrected chi connectivity index (χ3v) is 3.11. The Balaban J connectivity index is 2.27. The van der Waals surface area contributed by atoms with Crippen LogP contribution in [0.5, 0.6) is 0 Å². The van der Waals surface area contributed by atoms with Crippen LogP contribution in [-0.4, -0.2) is 10.1 Å². The maximum absolute atomic E-state index is 6.13. The molecule has 0 aliphatic rings. The van der Waals surface area contributed by atoms with Gasteiger partial charge in [-0.25, -0.2) is 0 Å². The molecule has 0 amide bonds. The summed E-state index contributed by atoms with van der Waals surface area (Å²) >= 11 is 12.2. The molecule has 0 bridgehead atoms. The van der Waals surface area contributed by atoms with E-state index in [-0.39, 0.29) is 5.38 Å². The predicted octanol–water partition coefficient (Wildman–Crippen LogP) is 4.47. The number of hydrogen-bond acceptors (Lipinski definition) is 3. The molecular formula is C12H12Cl2N2O. The summed E-state index contributed by atoms with van der Waals surface area (Å²) in [6, 6.07) is 7.34. The molecule has 0 aliphatic heterocycles. The van der Waals surface area contributed by atoms with Gasteiger partial charge in [-0.3, -0.25) is 0 Å². The maximum atomic E-state index is 6.13. The Bertz CT molecular complexity index is 499. The van der Waals surface area contributed by atoms with Gasteiger partial charge in [0.1, 0.15) is 0 Å². The van der Waals surface area contributed by atoms with E-state index in [1.54, 1.807) is 6.07 Å². The van der Waals surface area contributed by atoms with E-state index in [9.17, 15) is 0 Å². The zero-order chi connectivity index (χ0) is 12.3. The van der Waals surface area contributed by atoms with Gasteiger partial charge in [-0.2, -0.15) is 4.98 Å². The number of aromatic nitrogens is 2. The lowest BCUT2D eigenvalue weighted by Gasteiger charge is -1.99. The van der Waals surface area contributed by atoms with Gasteiger partial charge in [0.25, 0.3) is 5.89 Å². The summed E-state index contributed by atoms with van der Waals surface area (Å²) in [4.78, 5) is 4.27. The van der Waals surface area contributed by atoms with Crippen LogP contribution < -0.4 is 0 Å². The molecule has 2 rings (SSSR count). The molecule has 0 spiro atoms. The van der Waals surface area contributed by atoms with Crippen LogP contribution in [0.15, 0.2) is 28.8 Å². The van der Waals surface area contributed by atoms with Crippen LogP contribution in [0.3, 0.4) is 0 Å². The zero-order valence-electron chi connectivity index (χ0n) is 9.36. The van der Waals surface area contributed by atoms with Crippen molar-refractivity contribution in [1.82, 2.24) is 10.1 Å². The van der Waals surface area contributed by atoms with Gasteiger partial charge in [0.2, 0.25) is 0 Å². The Morgan fingerprint density at radius 2 is 2.12 bits per heavy atom. The molecule has 1 aromatic heterocycles. The van der Waals surface area contributed by atoms with Crippen LogP contribution in [0.2, 0.25) is 5.02 Å². The average Bonchev–Trinajstić information content (AvgIpc) is 2.79. The number of rotatable bonds is 4. The first-order chi connectivity index (χ1) is 8.22. The quantitative estimate of drug-likeness (QED) is 0.770.